The Balaban J connectivity index is 1.65. The molecule has 0 aliphatic carbocycles. The summed E-state index contributed by atoms with van der Waals surface area (Å²) < 4.78 is 67.4. The van der Waals surface area contributed by atoms with Gasteiger partial charge in [0.15, 0.2) is 0 Å². The summed E-state index contributed by atoms with van der Waals surface area (Å²) in [4.78, 5) is 21.2. The Morgan fingerprint density at radius 2 is 1.83 bits per heavy atom. The number of benzene rings is 2. The van der Waals surface area contributed by atoms with E-state index in [9.17, 15) is 22.6 Å². The summed E-state index contributed by atoms with van der Waals surface area (Å²) in [5.41, 5.74) is 4.92. The van der Waals surface area contributed by atoms with Gasteiger partial charge in [0.2, 0.25) is 0 Å². The molecule has 0 radical (unpaired) electrons. The first-order chi connectivity index (χ1) is 16.6. The lowest BCUT2D eigenvalue weighted by atomic mass is 10.1. The number of para-hydroxylation sites is 1. The predicted octanol–water partition coefficient (Wildman–Crippen LogP) is 4.96. The van der Waals surface area contributed by atoms with E-state index in [1.807, 2.05) is 23.1 Å². The van der Waals surface area contributed by atoms with Gasteiger partial charge in [0.1, 0.15) is 21.5 Å². The summed E-state index contributed by atoms with van der Waals surface area (Å²) in [5, 5.41) is 7.87. The average molecular weight is 532 g/mol. The molecule has 0 fully saturated rings. The Morgan fingerprint density at radius 1 is 1.11 bits per heavy atom. The molecule has 2 aromatic carbocycles. The number of rotatable bonds is 12. The molecule has 3 aromatic rings. The lowest BCUT2D eigenvalue weighted by molar-refractivity contribution is -0.138. The van der Waals surface area contributed by atoms with E-state index in [4.69, 9.17) is 20.1 Å². The van der Waals surface area contributed by atoms with Crippen molar-refractivity contribution in [1.29, 1.82) is 0 Å². The molecule has 2 atom stereocenters. The zero-order chi connectivity index (χ0) is 25.5. The highest BCUT2D eigenvalue weighted by Crippen LogP contribution is 2.44. The topological polar surface area (TPSA) is 146 Å². The van der Waals surface area contributed by atoms with Crippen molar-refractivity contribution in [3.05, 3.63) is 64.0 Å². The normalized spacial score (nSPS) is 14.2. The second kappa shape index (κ2) is 11.7. The summed E-state index contributed by atoms with van der Waals surface area (Å²) in [5.74, 6) is 0.317. The fourth-order valence-corrected chi connectivity index (χ4v) is 3.96. The van der Waals surface area contributed by atoms with Crippen LogP contribution in [0.3, 0.4) is 0 Å². The van der Waals surface area contributed by atoms with Crippen LogP contribution in [0.15, 0.2) is 53.5 Å². The van der Waals surface area contributed by atoms with Crippen LogP contribution in [0.25, 0.3) is 10.6 Å². The largest absolute Gasteiger partial charge is 0.493 e. The maximum Gasteiger partial charge on any atom is 0.487 e. The van der Waals surface area contributed by atoms with E-state index in [0.717, 1.165) is 17.4 Å². The van der Waals surface area contributed by atoms with Gasteiger partial charge in [-0.25, -0.2) is 4.57 Å². The third-order valence-corrected chi connectivity index (χ3v) is 6.17. The second-order valence-corrected chi connectivity index (χ2v) is 9.40. The Labute approximate surface area is 201 Å². The number of nitrogens with zero attached hydrogens (tertiary/aromatic N) is 3. The zero-order valence-electron chi connectivity index (χ0n) is 17.9. The number of ether oxygens (including phenoxy) is 2. The third kappa shape index (κ3) is 7.80. The molecule has 0 bridgehead atoms. The van der Waals surface area contributed by atoms with Crippen molar-refractivity contribution in [3.63, 3.8) is 0 Å². The third-order valence-electron chi connectivity index (χ3n) is 4.37. The summed E-state index contributed by atoms with van der Waals surface area (Å²) >= 11 is 0.868. The Bertz CT molecular complexity index is 1180. The van der Waals surface area contributed by atoms with E-state index >= 15 is 0 Å². The standard InChI is InChI=1S/C20H20F3N4O6PS/c21-20(22,23)15-11-13(18-25-26-19(35-18)16(24)12-33-34(29,30)27-28)7-8-17(15)32-10-4-9-31-14-5-2-1-3-6-14/h1-3,5-8,11,16H,4,9-10,12,24H2,(H,29,30). The zero-order valence-corrected chi connectivity index (χ0v) is 19.6. The molecule has 188 valence electrons. The van der Waals surface area contributed by atoms with E-state index in [-0.39, 0.29) is 34.5 Å². The van der Waals surface area contributed by atoms with E-state index < -0.39 is 32.1 Å². The molecular weight excluding hydrogens is 512 g/mol. The van der Waals surface area contributed by atoms with Crippen molar-refractivity contribution in [3.8, 4) is 22.1 Å². The minimum Gasteiger partial charge on any atom is -0.493 e. The van der Waals surface area contributed by atoms with Gasteiger partial charge in [-0.05, 0) is 30.3 Å². The number of nitrogens with two attached hydrogens (primary N) is 1. The molecule has 0 aliphatic heterocycles. The van der Waals surface area contributed by atoms with Gasteiger partial charge in [-0.2, -0.15) is 13.2 Å². The predicted molar refractivity (Wildman–Crippen MR) is 121 cm³/mol. The van der Waals surface area contributed by atoms with Crippen LogP contribution >= 0.6 is 19.1 Å². The van der Waals surface area contributed by atoms with E-state index in [1.165, 1.54) is 12.1 Å². The van der Waals surface area contributed by atoms with Crippen LogP contribution in [0.2, 0.25) is 0 Å². The molecule has 3 N–H and O–H groups in total. The van der Waals surface area contributed by atoms with E-state index in [1.54, 1.807) is 12.1 Å². The Hall–Kier alpha value is -2.90. The lowest BCUT2D eigenvalue weighted by Crippen LogP contribution is -2.16. The maximum atomic E-state index is 13.7. The van der Waals surface area contributed by atoms with Crippen LogP contribution in [-0.4, -0.2) is 34.9 Å². The fourth-order valence-electron chi connectivity index (χ4n) is 2.73. The molecule has 0 saturated carbocycles. The van der Waals surface area contributed by atoms with Gasteiger partial charge < -0.3 is 20.1 Å². The lowest BCUT2D eigenvalue weighted by Gasteiger charge is -2.15. The van der Waals surface area contributed by atoms with E-state index in [0.29, 0.717) is 12.2 Å². The number of halogens is 3. The first-order valence-corrected chi connectivity index (χ1v) is 12.4. The van der Waals surface area contributed by atoms with Crippen LogP contribution in [0.4, 0.5) is 13.2 Å². The summed E-state index contributed by atoms with van der Waals surface area (Å²) in [6.07, 6.45) is -4.32. The number of alkyl halides is 3. The van der Waals surface area contributed by atoms with Crippen LogP contribution in [0.1, 0.15) is 23.0 Å². The van der Waals surface area contributed by atoms with Crippen LogP contribution < -0.4 is 15.2 Å². The Kier molecular flexibility index (Phi) is 8.92. The number of hydrogen-bond donors (Lipinski definition) is 2. The molecule has 10 nitrogen and oxygen atoms in total. The van der Waals surface area contributed by atoms with Crippen molar-refractivity contribution >= 4 is 19.1 Å². The van der Waals surface area contributed by atoms with Gasteiger partial charge >= 0.3 is 13.9 Å². The van der Waals surface area contributed by atoms with Crippen LogP contribution in [0.5, 0.6) is 11.5 Å². The molecule has 1 heterocycles. The SMILES string of the molecule is NC(COP(=O)(O)N=O)c1nnc(-c2ccc(OCCCOc3ccccc3)c(C(F)(F)F)c2)s1. The smallest absolute Gasteiger partial charge is 0.487 e. The van der Waals surface area contributed by atoms with Gasteiger partial charge in [0, 0.05) is 16.9 Å². The van der Waals surface area contributed by atoms with Crippen molar-refractivity contribution in [2.45, 2.75) is 18.6 Å². The molecule has 35 heavy (non-hydrogen) atoms. The fraction of sp³-hybridized carbons (Fsp3) is 0.300. The number of hydrogen-bond acceptors (Lipinski definition) is 9. The molecule has 0 amide bonds. The first-order valence-electron chi connectivity index (χ1n) is 10.0. The molecule has 2 unspecified atom stereocenters. The number of aromatic nitrogens is 2. The van der Waals surface area contributed by atoms with E-state index in [2.05, 4.69) is 14.7 Å². The minimum atomic E-state index is -4.69. The minimum absolute atomic E-state index is 0.0113. The molecule has 0 aliphatic rings. The molecular formula is C20H20F3N4O6PS. The quantitative estimate of drug-likeness (QED) is 0.188. The maximum absolute atomic E-state index is 13.7. The average Bonchev–Trinajstić information content (AvgIpc) is 3.33. The van der Waals surface area contributed by atoms with Gasteiger partial charge in [-0.1, -0.05) is 29.5 Å². The van der Waals surface area contributed by atoms with Crippen molar-refractivity contribution in [2.75, 3.05) is 19.8 Å². The van der Waals surface area contributed by atoms with Gasteiger partial charge in [-0.15, -0.1) is 15.1 Å². The molecule has 15 heteroatoms. The second-order valence-electron chi connectivity index (χ2n) is 6.99. The van der Waals surface area contributed by atoms with Gasteiger partial charge in [-0.3, -0.25) is 4.52 Å². The summed E-state index contributed by atoms with van der Waals surface area (Å²) in [7, 11) is -4.66. The monoisotopic (exact) mass is 532 g/mol. The Morgan fingerprint density at radius 3 is 2.51 bits per heavy atom. The molecule has 0 spiro atoms. The van der Waals surface area contributed by atoms with Crippen molar-refractivity contribution in [2.24, 2.45) is 10.7 Å². The van der Waals surface area contributed by atoms with Gasteiger partial charge in [0.05, 0.1) is 31.4 Å². The first kappa shape index (κ1) is 26.7. The number of nitroso groups, excluding NO2 is 1. The highest BCUT2D eigenvalue weighted by Gasteiger charge is 2.35. The van der Waals surface area contributed by atoms with Crippen LogP contribution in [-0.2, 0) is 15.3 Å². The highest BCUT2D eigenvalue weighted by atomic mass is 32.1. The van der Waals surface area contributed by atoms with Crippen LogP contribution in [0, 0.1) is 4.91 Å². The van der Waals surface area contributed by atoms with Crippen molar-refractivity contribution < 1.29 is 36.6 Å². The summed E-state index contributed by atoms with van der Waals surface area (Å²) in [6, 6.07) is 11.4. The van der Waals surface area contributed by atoms with Gasteiger partial charge in [0.25, 0.3) is 0 Å². The molecule has 0 saturated heterocycles. The van der Waals surface area contributed by atoms with Crippen molar-refractivity contribution in [1.82, 2.24) is 10.2 Å². The highest BCUT2D eigenvalue weighted by molar-refractivity contribution is 7.51. The summed E-state index contributed by atoms with van der Waals surface area (Å²) in [6.45, 7) is -0.282. The molecule has 3 rings (SSSR count). The molecule has 1 aromatic heterocycles.